The first kappa shape index (κ1) is 12.4. The number of nitrogens with one attached hydrogen (secondary N) is 1. The first-order valence-corrected chi connectivity index (χ1v) is 6.85. The van der Waals surface area contributed by atoms with E-state index in [-0.39, 0.29) is 0 Å². The highest BCUT2D eigenvalue weighted by Crippen LogP contribution is 2.16. The molecule has 17 heavy (non-hydrogen) atoms. The maximum atomic E-state index is 5.22. The van der Waals surface area contributed by atoms with Crippen LogP contribution in [0.5, 0.6) is 0 Å². The number of thioether (sulfide) groups is 1. The molecule has 0 bridgehead atoms. The summed E-state index contributed by atoms with van der Waals surface area (Å²) in [6, 6.07) is 8.11. The fraction of sp³-hybridized carbons (Fsp3) is 0.333. The molecule has 1 N–H and O–H groups in total. The van der Waals surface area contributed by atoms with E-state index in [9.17, 15) is 0 Å². The van der Waals surface area contributed by atoms with Gasteiger partial charge in [-0.1, -0.05) is 29.5 Å². The number of anilines is 1. The summed E-state index contributed by atoms with van der Waals surface area (Å²) in [4.78, 5) is 6.52. The third kappa shape index (κ3) is 3.44. The summed E-state index contributed by atoms with van der Waals surface area (Å²) in [7, 11) is 2.04. The van der Waals surface area contributed by atoms with Crippen molar-refractivity contribution in [3.8, 4) is 0 Å². The van der Waals surface area contributed by atoms with E-state index in [1.54, 1.807) is 11.8 Å². The Hall–Kier alpha value is -1.07. The normalized spacial score (nSPS) is 17.5. The number of benzene rings is 1. The molecule has 1 aromatic rings. The lowest BCUT2D eigenvalue weighted by Crippen LogP contribution is -2.20. The Morgan fingerprint density at radius 3 is 2.71 bits per heavy atom. The molecule has 0 spiro atoms. The van der Waals surface area contributed by atoms with Gasteiger partial charge in [0.05, 0.1) is 0 Å². The standard InChI is InChI=1S/C12H15N3S2/c1-9-3-5-10(6-4-9)13-11(16)14-12-15(2)7-8-17-12/h3-6H,7-8H2,1-2H3,(H,13,16). The zero-order valence-electron chi connectivity index (χ0n) is 9.93. The van der Waals surface area contributed by atoms with Gasteiger partial charge in [0, 0.05) is 25.0 Å². The first-order valence-electron chi connectivity index (χ1n) is 5.45. The van der Waals surface area contributed by atoms with Crippen LogP contribution in [-0.2, 0) is 0 Å². The van der Waals surface area contributed by atoms with Gasteiger partial charge in [-0.25, -0.2) is 0 Å². The quantitative estimate of drug-likeness (QED) is 0.790. The molecule has 0 radical (unpaired) electrons. The summed E-state index contributed by atoms with van der Waals surface area (Å²) in [5.41, 5.74) is 2.22. The third-order valence-electron chi connectivity index (χ3n) is 2.48. The third-order valence-corrected chi connectivity index (χ3v) is 3.73. The monoisotopic (exact) mass is 265 g/mol. The number of nitrogens with zero attached hydrogens (tertiary/aromatic N) is 2. The van der Waals surface area contributed by atoms with Crippen LogP contribution in [0.2, 0.25) is 0 Å². The van der Waals surface area contributed by atoms with Crippen LogP contribution in [0.1, 0.15) is 5.56 Å². The molecule has 2 rings (SSSR count). The number of rotatable bonds is 1. The van der Waals surface area contributed by atoms with Crippen molar-refractivity contribution in [3.05, 3.63) is 29.8 Å². The highest BCUT2D eigenvalue weighted by Gasteiger charge is 2.15. The molecule has 0 unspecified atom stereocenters. The fourth-order valence-corrected chi connectivity index (χ4v) is 2.75. The van der Waals surface area contributed by atoms with Gasteiger partial charge in [-0.3, -0.25) is 0 Å². The summed E-state index contributed by atoms with van der Waals surface area (Å²) >= 11 is 6.96. The Bertz CT molecular complexity index is 440. The molecule has 0 amide bonds. The highest BCUT2D eigenvalue weighted by molar-refractivity contribution is 8.14. The second-order valence-electron chi connectivity index (χ2n) is 3.96. The predicted molar refractivity (Wildman–Crippen MR) is 79.9 cm³/mol. The van der Waals surface area contributed by atoms with Gasteiger partial charge in [0.15, 0.2) is 10.3 Å². The highest BCUT2D eigenvalue weighted by atomic mass is 32.2. The van der Waals surface area contributed by atoms with Gasteiger partial charge < -0.3 is 10.2 Å². The molecule has 1 aromatic carbocycles. The van der Waals surface area contributed by atoms with Crippen LogP contribution in [0.25, 0.3) is 0 Å². The molecule has 1 aliphatic rings. The van der Waals surface area contributed by atoms with Gasteiger partial charge in [0.25, 0.3) is 0 Å². The average molecular weight is 265 g/mol. The predicted octanol–water partition coefficient (Wildman–Crippen LogP) is 2.73. The Morgan fingerprint density at radius 1 is 1.41 bits per heavy atom. The number of hydrogen-bond acceptors (Lipinski definition) is 2. The van der Waals surface area contributed by atoms with Crippen LogP contribution in [0, 0.1) is 6.92 Å². The molecule has 0 aromatic heterocycles. The molecule has 1 saturated heterocycles. The lowest BCUT2D eigenvalue weighted by Gasteiger charge is -2.10. The first-order chi connectivity index (χ1) is 8.15. The van der Waals surface area contributed by atoms with Crippen LogP contribution in [-0.4, -0.2) is 34.5 Å². The van der Waals surface area contributed by atoms with Crippen molar-refractivity contribution >= 4 is 39.9 Å². The van der Waals surface area contributed by atoms with Gasteiger partial charge in [-0.15, -0.1) is 0 Å². The molecule has 0 saturated carbocycles. The minimum atomic E-state index is 0.519. The number of thiocarbonyl (C=S) groups is 1. The van der Waals surface area contributed by atoms with Crippen molar-refractivity contribution in [1.29, 1.82) is 0 Å². The molecular weight excluding hydrogens is 250 g/mol. The molecule has 1 fully saturated rings. The van der Waals surface area contributed by atoms with Gasteiger partial charge in [-0.05, 0) is 31.3 Å². The maximum absolute atomic E-state index is 5.22. The van der Waals surface area contributed by atoms with Crippen molar-refractivity contribution in [2.24, 2.45) is 4.99 Å². The lowest BCUT2D eigenvalue weighted by atomic mass is 10.2. The number of aliphatic imine (C=N–C) groups is 1. The van der Waals surface area contributed by atoms with Crippen molar-refractivity contribution in [3.63, 3.8) is 0 Å². The van der Waals surface area contributed by atoms with Gasteiger partial charge >= 0.3 is 0 Å². The summed E-state index contributed by atoms with van der Waals surface area (Å²) in [6.45, 7) is 3.10. The second kappa shape index (κ2) is 5.51. The Kier molecular flexibility index (Phi) is 4.02. The van der Waals surface area contributed by atoms with E-state index in [0.717, 1.165) is 23.2 Å². The summed E-state index contributed by atoms with van der Waals surface area (Å²) in [5.74, 6) is 1.09. The minimum absolute atomic E-state index is 0.519. The number of hydrogen-bond donors (Lipinski definition) is 1. The van der Waals surface area contributed by atoms with E-state index in [1.165, 1.54) is 5.56 Å². The minimum Gasteiger partial charge on any atom is -0.353 e. The van der Waals surface area contributed by atoms with Gasteiger partial charge in [-0.2, -0.15) is 4.99 Å². The van der Waals surface area contributed by atoms with Crippen LogP contribution < -0.4 is 5.32 Å². The average Bonchev–Trinajstić information content (AvgIpc) is 2.68. The molecule has 0 atom stereocenters. The van der Waals surface area contributed by atoms with Crippen molar-refractivity contribution < 1.29 is 0 Å². The van der Waals surface area contributed by atoms with Crippen molar-refractivity contribution in [2.75, 3.05) is 24.7 Å². The largest absolute Gasteiger partial charge is 0.353 e. The zero-order chi connectivity index (χ0) is 12.3. The summed E-state index contributed by atoms with van der Waals surface area (Å²) in [6.07, 6.45) is 0. The van der Waals surface area contributed by atoms with Crippen LogP contribution in [0.3, 0.4) is 0 Å². The Balaban J connectivity index is 2.00. The van der Waals surface area contributed by atoms with Crippen LogP contribution >= 0.6 is 24.0 Å². The number of amidine groups is 1. The molecule has 0 aliphatic carbocycles. The summed E-state index contributed by atoms with van der Waals surface area (Å²) < 4.78 is 0. The lowest BCUT2D eigenvalue weighted by molar-refractivity contribution is 0.564. The van der Waals surface area contributed by atoms with E-state index in [0.29, 0.717) is 5.11 Å². The topological polar surface area (TPSA) is 27.6 Å². The van der Waals surface area contributed by atoms with Crippen LogP contribution in [0.15, 0.2) is 29.3 Å². The molecule has 5 heteroatoms. The fourth-order valence-electron chi connectivity index (χ4n) is 1.47. The van der Waals surface area contributed by atoms with E-state index in [1.807, 2.05) is 19.2 Å². The molecular formula is C12H15N3S2. The Labute approximate surface area is 111 Å². The van der Waals surface area contributed by atoms with E-state index in [4.69, 9.17) is 12.2 Å². The summed E-state index contributed by atoms with van der Waals surface area (Å²) in [5, 5.41) is 4.63. The van der Waals surface area contributed by atoms with E-state index in [2.05, 4.69) is 34.3 Å². The van der Waals surface area contributed by atoms with Crippen molar-refractivity contribution in [2.45, 2.75) is 6.92 Å². The molecule has 90 valence electrons. The SMILES string of the molecule is Cc1ccc(NC(=S)N=C2SCCN2C)cc1. The maximum Gasteiger partial charge on any atom is 0.199 e. The second-order valence-corrected chi connectivity index (χ2v) is 5.41. The van der Waals surface area contributed by atoms with E-state index < -0.39 is 0 Å². The van der Waals surface area contributed by atoms with Crippen LogP contribution in [0.4, 0.5) is 5.69 Å². The molecule has 3 nitrogen and oxygen atoms in total. The van der Waals surface area contributed by atoms with Crippen molar-refractivity contribution in [1.82, 2.24) is 4.90 Å². The Morgan fingerprint density at radius 2 is 2.12 bits per heavy atom. The van der Waals surface area contributed by atoms with E-state index >= 15 is 0 Å². The molecule has 1 heterocycles. The van der Waals surface area contributed by atoms with Gasteiger partial charge in [0.1, 0.15) is 0 Å². The molecule has 1 aliphatic heterocycles. The zero-order valence-corrected chi connectivity index (χ0v) is 11.6. The van der Waals surface area contributed by atoms with Gasteiger partial charge in [0.2, 0.25) is 0 Å². The number of aryl methyl sites for hydroxylation is 1. The smallest absolute Gasteiger partial charge is 0.199 e.